The number of imidazole rings is 1. The van der Waals surface area contributed by atoms with Crippen molar-refractivity contribution >= 4 is 0 Å². The molecule has 0 aliphatic heterocycles. The van der Waals surface area contributed by atoms with E-state index in [4.69, 9.17) is 4.74 Å². The number of aromatic nitrogens is 2. The van der Waals surface area contributed by atoms with Crippen LogP contribution in [0.15, 0.2) is 12.4 Å². The highest BCUT2D eigenvalue weighted by Crippen LogP contribution is 2.11. The van der Waals surface area contributed by atoms with E-state index in [0.29, 0.717) is 19.0 Å². The first-order valence-electron chi connectivity index (χ1n) is 4.67. The van der Waals surface area contributed by atoms with E-state index in [2.05, 4.69) is 10.3 Å². The molecule has 0 aromatic carbocycles. The van der Waals surface area contributed by atoms with Gasteiger partial charge in [0.25, 0.3) is 0 Å². The Bertz CT molecular complexity index is 291. The summed E-state index contributed by atoms with van der Waals surface area (Å²) < 4.78 is 30.6. The van der Waals surface area contributed by atoms with Crippen molar-refractivity contribution in [1.82, 2.24) is 14.9 Å². The molecular formula is C9H15F2N3O. The van der Waals surface area contributed by atoms with E-state index in [-0.39, 0.29) is 6.04 Å². The van der Waals surface area contributed by atoms with Crippen molar-refractivity contribution in [3.05, 3.63) is 18.2 Å². The summed E-state index contributed by atoms with van der Waals surface area (Å²) in [4.78, 5) is 3.85. The van der Waals surface area contributed by atoms with Crippen LogP contribution in [0.25, 0.3) is 0 Å². The van der Waals surface area contributed by atoms with E-state index >= 15 is 0 Å². The minimum absolute atomic E-state index is 0.109. The first-order valence-corrected chi connectivity index (χ1v) is 4.67. The van der Waals surface area contributed by atoms with Gasteiger partial charge in [0.05, 0.1) is 13.2 Å². The van der Waals surface area contributed by atoms with E-state index in [9.17, 15) is 8.78 Å². The fourth-order valence-corrected chi connectivity index (χ4v) is 1.23. The first-order chi connectivity index (χ1) is 7.15. The number of nitrogens with zero attached hydrogens (tertiary/aromatic N) is 2. The minimum Gasteiger partial charge on any atom is -0.383 e. The zero-order valence-electron chi connectivity index (χ0n) is 8.78. The van der Waals surface area contributed by atoms with Gasteiger partial charge in [-0.15, -0.1) is 0 Å². The predicted octanol–water partition coefficient (Wildman–Crippen LogP) is 1.40. The summed E-state index contributed by atoms with van der Waals surface area (Å²) in [6.45, 7) is 0.221. The maximum atomic E-state index is 12.4. The molecule has 0 aliphatic rings. The number of nitrogens with one attached hydrogen (secondary N) is 1. The summed E-state index contributed by atoms with van der Waals surface area (Å²) in [5.41, 5.74) is 0. The second kappa shape index (κ2) is 5.77. The topological polar surface area (TPSA) is 39.1 Å². The van der Waals surface area contributed by atoms with Crippen LogP contribution in [0.5, 0.6) is 0 Å². The lowest BCUT2D eigenvalue weighted by Gasteiger charge is -2.13. The van der Waals surface area contributed by atoms with Crippen LogP contribution in [0.1, 0.15) is 19.3 Å². The molecular weight excluding hydrogens is 204 g/mol. The lowest BCUT2D eigenvalue weighted by molar-refractivity contribution is 0.0662. The van der Waals surface area contributed by atoms with Crippen LogP contribution >= 0.6 is 0 Å². The van der Waals surface area contributed by atoms with Gasteiger partial charge in [0.1, 0.15) is 5.82 Å². The molecule has 1 unspecified atom stereocenters. The third kappa shape index (κ3) is 3.56. The zero-order chi connectivity index (χ0) is 11.3. The highest BCUT2D eigenvalue weighted by molar-refractivity contribution is 4.92. The van der Waals surface area contributed by atoms with E-state index in [0.717, 1.165) is 4.57 Å². The predicted molar refractivity (Wildman–Crippen MR) is 51.7 cm³/mol. The molecule has 1 aromatic heterocycles. The smallest absolute Gasteiger partial charge is 0.319 e. The molecule has 0 aliphatic carbocycles. The average molecular weight is 219 g/mol. The molecule has 0 saturated carbocycles. The van der Waals surface area contributed by atoms with Crippen LogP contribution in [0.4, 0.5) is 8.78 Å². The summed E-state index contributed by atoms with van der Waals surface area (Å²) in [7, 11) is 1.60. The standard InChI is InChI=1S/C9H15F2N3O/c1-7(6-15-2)13-5-8-12-3-4-14(8)9(10)11/h3-4,7,9,13H,5-6H2,1-2H3. The van der Waals surface area contributed by atoms with Crippen molar-refractivity contribution in [2.45, 2.75) is 26.1 Å². The Morgan fingerprint density at radius 1 is 1.60 bits per heavy atom. The molecule has 1 atom stereocenters. The number of alkyl halides is 2. The molecule has 0 fully saturated rings. The molecule has 0 amide bonds. The van der Waals surface area contributed by atoms with Crippen LogP contribution in [0.3, 0.4) is 0 Å². The van der Waals surface area contributed by atoms with Gasteiger partial charge in [0.15, 0.2) is 0 Å². The van der Waals surface area contributed by atoms with Gasteiger partial charge in [-0.2, -0.15) is 8.78 Å². The van der Waals surface area contributed by atoms with Gasteiger partial charge in [0, 0.05) is 25.5 Å². The molecule has 0 spiro atoms. The molecule has 1 N–H and O–H groups in total. The number of halogens is 2. The Morgan fingerprint density at radius 3 is 2.93 bits per heavy atom. The normalized spacial score (nSPS) is 13.4. The summed E-state index contributed by atoms with van der Waals surface area (Å²) >= 11 is 0. The highest BCUT2D eigenvalue weighted by Gasteiger charge is 2.11. The summed E-state index contributed by atoms with van der Waals surface area (Å²) in [5, 5.41) is 3.04. The fourth-order valence-electron chi connectivity index (χ4n) is 1.23. The molecule has 1 aromatic rings. The van der Waals surface area contributed by atoms with Gasteiger partial charge < -0.3 is 10.1 Å². The zero-order valence-corrected chi connectivity index (χ0v) is 8.78. The van der Waals surface area contributed by atoms with E-state index in [1.165, 1.54) is 12.4 Å². The summed E-state index contributed by atoms with van der Waals surface area (Å²) in [6.07, 6.45) is 2.63. The lowest BCUT2D eigenvalue weighted by Crippen LogP contribution is -2.30. The van der Waals surface area contributed by atoms with Crippen molar-refractivity contribution in [1.29, 1.82) is 0 Å². The third-order valence-corrected chi connectivity index (χ3v) is 1.98. The Hall–Kier alpha value is -1.01. The Labute approximate surface area is 87.3 Å². The van der Waals surface area contributed by atoms with E-state index in [1.807, 2.05) is 6.92 Å². The maximum absolute atomic E-state index is 12.4. The molecule has 6 heteroatoms. The fraction of sp³-hybridized carbons (Fsp3) is 0.667. The molecule has 86 valence electrons. The van der Waals surface area contributed by atoms with Gasteiger partial charge in [-0.1, -0.05) is 0 Å². The molecule has 15 heavy (non-hydrogen) atoms. The quantitative estimate of drug-likeness (QED) is 0.786. The maximum Gasteiger partial charge on any atom is 0.319 e. The molecule has 0 bridgehead atoms. The minimum atomic E-state index is -2.54. The summed E-state index contributed by atoms with van der Waals surface area (Å²) in [5.74, 6) is 0.327. The molecule has 4 nitrogen and oxygen atoms in total. The third-order valence-electron chi connectivity index (χ3n) is 1.98. The van der Waals surface area contributed by atoms with Crippen molar-refractivity contribution in [2.75, 3.05) is 13.7 Å². The van der Waals surface area contributed by atoms with Crippen molar-refractivity contribution < 1.29 is 13.5 Å². The lowest BCUT2D eigenvalue weighted by atomic mass is 10.3. The number of rotatable bonds is 6. The summed E-state index contributed by atoms with van der Waals surface area (Å²) in [6, 6.07) is 0.109. The van der Waals surface area contributed by atoms with Crippen molar-refractivity contribution in [2.24, 2.45) is 0 Å². The van der Waals surface area contributed by atoms with Gasteiger partial charge in [-0.3, -0.25) is 4.57 Å². The van der Waals surface area contributed by atoms with Gasteiger partial charge in [-0.05, 0) is 6.92 Å². The highest BCUT2D eigenvalue weighted by atomic mass is 19.3. The number of hydrogen-bond acceptors (Lipinski definition) is 3. The second-order valence-electron chi connectivity index (χ2n) is 3.27. The van der Waals surface area contributed by atoms with Crippen LogP contribution in [-0.4, -0.2) is 29.3 Å². The van der Waals surface area contributed by atoms with Crippen LogP contribution in [-0.2, 0) is 11.3 Å². The SMILES string of the molecule is COCC(C)NCc1nccn1C(F)F. The first kappa shape index (κ1) is 12.1. The van der Waals surface area contributed by atoms with Gasteiger partial charge in [-0.25, -0.2) is 4.98 Å². The van der Waals surface area contributed by atoms with Crippen LogP contribution in [0.2, 0.25) is 0 Å². The Kier molecular flexibility index (Phi) is 4.64. The van der Waals surface area contributed by atoms with Crippen LogP contribution in [0, 0.1) is 0 Å². The van der Waals surface area contributed by atoms with Crippen molar-refractivity contribution in [3.63, 3.8) is 0 Å². The van der Waals surface area contributed by atoms with Gasteiger partial charge >= 0.3 is 6.55 Å². The largest absolute Gasteiger partial charge is 0.383 e. The number of methoxy groups -OCH3 is 1. The Balaban J connectivity index is 2.46. The second-order valence-corrected chi connectivity index (χ2v) is 3.27. The number of hydrogen-bond donors (Lipinski definition) is 1. The van der Waals surface area contributed by atoms with E-state index in [1.54, 1.807) is 7.11 Å². The molecule has 0 radical (unpaired) electrons. The molecule has 1 rings (SSSR count). The molecule has 0 saturated heterocycles. The monoisotopic (exact) mass is 219 g/mol. The number of ether oxygens (including phenoxy) is 1. The van der Waals surface area contributed by atoms with E-state index < -0.39 is 6.55 Å². The van der Waals surface area contributed by atoms with Gasteiger partial charge in [0.2, 0.25) is 0 Å². The molecule has 1 heterocycles. The average Bonchev–Trinajstić information content (AvgIpc) is 2.63. The van der Waals surface area contributed by atoms with Crippen LogP contribution < -0.4 is 5.32 Å². The van der Waals surface area contributed by atoms with Crippen molar-refractivity contribution in [3.8, 4) is 0 Å². The Morgan fingerprint density at radius 2 is 2.33 bits per heavy atom.